The van der Waals surface area contributed by atoms with E-state index in [0.29, 0.717) is 25.2 Å². The van der Waals surface area contributed by atoms with Gasteiger partial charge >= 0.3 is 6.11 Å². The largest absolute Gasteiger partial charge is 0.491 e. The molecule has 3 aromatic carbocycles. The van der Waals surface area contributed by atoms with E-state index in [-0.39, 0.29) is 35.0 Å². The van der Waals surface area contributed by atoms with Crippen molar-refractivity contribution in [3.8, 4) is 22.6 Å². The lowest BCUT2D eigenvalue weighted by Gasteiger charge is -2.38. The zero-order valence-electron chi connectivity index (χ0n) is 26.1. The van der Waals surface area contributed by atoms with E-state index in [0.717, 1.165) is 49.1 Å². The molecular formula is C36H40F6O4. The number of unbranched alkanes of at least 4 members (excludes halogenated alkanes) is 2. The highest BCUT2D eigenvalue weighted by Crippen LogP contribution is 2.41. The second kappa shape index (κ2) is 15.1. The molecule has 0 aromatic heterocycles. The van der Waals surface area contributed by atoms with Gasteiger partial charge in [0.05, 0.1) is 19.8 Å². The highest BCUT2D eigenvalue weighted by Gasteiger charge is 2.42. The van der Waals surface area contributed by atoms with Gasteiger partial charge in [-0.3, -0.25) is 0 Å². The molecule has 1 saturated carbocycles. The highest BCUT2D eigenvalue weighted by atomic mass is 19.3. The minimum absolute atomic E-state index is 0.0161. The van der Waals surface area contributed by atoms with E-state index in [9.17, 15) is 8.78 Å². The van der Waals surface area contributed by atoms with Crippen LogP contribution < -0.4 is 9.47 Å². The smallest absolute Gasteiger partial charge is 0.432 e. The third-order valence-electron chi connectivity index (χ3n) is 9.05. The van der Waals surface area contributed by atoms with Crippen molar-refractivity contribution in [3.63, 3.8) is 0 Å². The summed E-state index contributed by atoms with van der Waals surface area (Å²) in [6.07, 6.45) is 4.00. The molecule has 0 amide bonds. The van der Waals surface area contributed by atoms with E-state index in [1.807, 2.05) is 0 Å². The van der Waals surface area contributed by atoms with Crippen LogP contribution in [0.2, 0.25) is 0 Å². The molecule has 10 heteroatoms. The SMILES string of the molecule is CCCCCC1CCC(C2COC(c3cc(F)c(C(F)(F)Oc4ccc(-c5ccc(OCC)c(F)c5)c(F)c4)c(F)c3)OC2)CC1. The van der Waals surface area contributed by atoms with Gasteiger partial charge in [0.1, 0.15) is 28.8 Å². The van der Waals surface area contributed by atoms with Crippen molar-refractivity contribution in [1.29, 1.82) is 0 Å². The first-order valence-corrected chi connectivity index (χ1v) is 16.1. The van der Waals surface area contributed by atoms with Crippen LogP contribution >= 0.6 is 0 Å². The number of halogens is 6. The summed E-state index contributed by atoms with van der Waals surface area (Å²) in [5.41, 5.74) is -1.65. The Balaban J connectivity index is 1.20. The Hall–Kier alpha value is -3.24. The van der Waals surface area contributed by atoms with Crippen molar-refractivity contribution < 1.29 is 45.3 Å². The van der Waals surface area contributed by atoms with Gasteiger partial charge in [0.25, 0.3) is 0 Å². The van der Waals surface area contributed by atoms with Crippen LogP contribution in [0.15, 0.2) is 48.5 Å². The molecule has 0 N–H and O–H groups in total. The normalized spacial score (nSPS) is 22.1. The van der Waals surface area contributed by atoms with Gasteiger partial charge in [-0.25, -0.2) is 17.6 Å². The molecule has 1 saturated heterocycles. The molecule has 0 spiro atoms. The predicted molar refractivity (Wildman–Crippen MR) is 162 cm³/mol. The second-order valence-corrected chi connectivity index (χ2v) is 12.2. The summed E-state index contributed by atoms with van der Waals surface area (Å²) in [6, 6.07) is 8.02. The van der Waals surface area contributed by atoms with Crippen LogP contribution in [-0.4, -0.2) is 19.8 Å². The van der Waals surface area contributed by atoms with Gasteiger partial charge in [-0.05, 0) is 73.6 Å². The van der Waals surface area contributed by atoms with Crippen molar-refractivity contribution in [1.82, 2.24) is 0 Å². The fraction of sp³-hybridized carbons (Fsp3) is 0.500. The highest BCUT2D eigenvalue weighted by molar-refractivity contribution is 5.66. The van der Waals surface area contributed by atoms with Crippen LogP contribution in [0.3, 0.4) is 0 Å². The third-order valence-corrected chi connectivity index (χ3v) is 9.05. The summed E-state index contributed by atoms with van der Waals surface area (Å²) in [5, 5.41) is 0. The maximum Gasteiger partial charge on any atom is 0.432 e. The number of rotatable bonds is 12. The van der Waals surface area contributed by atoms with Crippen LogP contribution in [0.5, 0.6) is 11.5 Å². The predicted octanol–water partition coefficient (Wildman–Crippen LogP) is 10.5. The molecule has 3 aromatic rings. The molecular weight excluding hydrogens is 610 g/mol. The van der Waals surface area contributed by atoms with Crippen molar-refractivity contribution >= 4 is 0 Å². The Labute approximate surface area is 266 Å². The average molecular weight is 651 g/mol. The summed E-state index contributed by atoms with van der Waals surface area (Å²) in [6.45, 7) is 4.83. The first-order valence-electron chi connectivity index (χ1n) is 16.1. The van der Waals surface area contributed by atoms with Crippen molar-refractivity contribution in [2.24, 2.45) is 17.8 Å². The second-order valence-electron chi connectivity index (χ2n) is 12.2. The lowest BCUT2D eigenvalue weighted by atomic mass is 9.74. The van der Waals surface area contributed by atoms with E-state index >= 15 is 17.6 Å². The van der Waals surface area contributed by atoms with Crippen molar-refractivity contribution in [3.05, 3.63) is 82.9 Å². The Morgan fingerprint density at radius 3 is 2.07 bits per heavy atom. The molecule has 2 aliphatic rings. The first-order chi connectivity index (χ1) is 22.1. The zero-order chi connectivity index (χ0) is 32.8. The molecule has 46 heavy (non-hydrogen) atoms. The molecule has 2 fully saturated rings. The minimum atomic E-state index is -4.49. The number of hydrogen-bond donors (Lipinski definition) is 0. The quantitative estimate of drug-likeness (QED) is 0.144. The van der Waals surface area contributed by atoms with E-state index in [1.165, 1.54) is 50.7 Å². The number of hydrogen-bond acceptors (Lipinski definition) is 4. The van der Waals surface area contributed by atoms with Crippen LogP contribution in [0.1, 0.15) is 82.6 Å². The Morgan fingerprint density at radius 1 is 0.761 bits per heavy atom. The maximum absolute atomic E-state index is 15.1. The summed E-state index contributed by atoms with van der Waals surface area (Å²) >= 11 is 0. The van der Waals surface area contributed by atoms with Crippen LogP contribution in [0, 0.1) is 41.0 Å². The number of benzene rings is 3. The molecule has 5 rings (SSSR count). The zero-order valence-corrected chi connectivity index (χ0v) is 26.1. The average Bonchev–Trinajstić information content (AvgIpc) is 3.02. The van der Waals surface area contributed by atoms with Gasteiger partial charge in [0.2, 0.25) is 0 Å². The van der Waals surface area contributed by atoms with E-state index in [4.69, 9.17) is 14.2 Å². The van der Waals surface area contributed by atoms with Crippen LogP contribution in [-0.2, 0) is 15.6 Å². The molecule has 1 aliphatic heterocycles. The number of ether oxygens (including phenoxy) is 4. The van der Waals surface area contributed by atoms with E-state index in [2.05, 4.69) is 11.7 Å². The summed E-state index contributed by atoms with van der Waals surface area (Å²) < 4.78 is 111. The maximum atomic E-state index is 15.1. The van der Waals surface area contributed by atoms with Crippen LogP contribution in [0.4, 0.5) is 26.3 Å². The minimum Gasteiger partial charge on any atom is -0.491 e. The van der Waals surface area contributed by atoms with Crippen molar-refractivity contribution in [2.75, 3.05) is 19.8 Å². The summed E-state index contributed by atoms with van der Waals surface area (Å²) in [7, 11) is 0. The van der Waals surface area contributed by atoms with E-state index < -0.39 is 47.0 Å². The van der Waals surface area contributed by atoms with E-state index in [1.54, 1.807) is 6.92 Å². The summed E-state index contributed by atoms with van der Waals surface area (Å²) in [4.78, 5) is 0. The molecule has 0 unspecified atom stereocenters. The Bertz CT molecular complexity index is 1440. The third kappa shape index (κ3) is 8.00. The van der Waals surface area contributed by atoms with Gasteiger partial charge < -0.3 is 18.9 Å². The van der Waals surface area contributed by atoms with Crippen molar-refractivity contribution in [2.45, 2.75) is 77.6 Å². The fourth-order valence-electron chi connectivity index (χ4n) is 6.55. The lowest BCUT2D eigenvalue weighted by molar-refractivity contribution is -0.215. The Morgan fingerprint density at radius 2 is 1.46 bits per heavy atom. The van der Waals surface area contributed by atoms with Gasteiger partial charge in [-0.2, -0.15) is 8.78 Å². The number of alkyl halides is 2. The van der Waals surface area contributed by atoms with Gasteiger partial charge in [-0.1, -0.05) is 51.5 Å². The lowest BCUT2D eigenvalue weighted by Crippen LogP contribution is -2.34. The van der Waals surface area contributed by atoms with Gasteiger partial charge in [0.15, 0.2) is 17.9 Å². The summed E-state index contributed by atoms with van der Waals surface area (Å²) in [5.74, 6) is -4.15. The molecule has 0 radical (unpaired) electrons. The topological polar surface area (TPSA) is 36.9 Å². The molecule has 250 valence electrons. The molecule has 4 nitrogen and oxygen atoms in total. The fourth-order valence-corrected chi connectivity index (χ4v) is 6.55. The Kier molecular flexibility index (Phi) is 11.2. The molecule has 0 atom stereocenters. The molecule has 1 heterocycles. The molecule has 0 bridgehead atoms. The van der Waals surface area contributed by atoms with Crippen LogP contribution in [0.25, 0.3) is 11.1 Å². The van der Waals surface area contributed by atoms with Gasteiger partial charge in [-0.15, -0.1) is 0 Å². The van der Waals surface area contributed by atoms with Gasteiger partial charge in [0, 0.05) is 23.1 Å². The monoisotopic (exact) mass is 650 g/mol. The first kappa shape index (κ1) is 34.1. The molecule has 1 aliphatic carbocycles. The standard InChI is InChI=1S/C36H40F6O4/c1-3-5-6-7-22-8-10-23(11-9-22)26-20-44-35(45-21-26)25-17-31(39)34(32(40)18-25)36(41,42)46-27-13-14-28(29(37)19-27)24-12-15-33(43-4-2)30(38)16-24/h12-19,22-23,26,35H,3-11,20-21H2,1-2H3.